The summed E-state index contributed by atoms with van der Waals surface area (Å²) in [7, 11) is 0. The van der Waals surface area contributed by atoms with Crippen LogP contribution in [0.3, 0.4) is 0 Å². The Labute approximate surface area is 77.3 Å². The topological polar surface area (TPSA) is 29.4 Å². The lowest BCUT2D eigenvalue weighted by Gasteiger charge is -1.98. The van der Waals surface area contributed by atoms with Gasteiger partial charge in [0, 0.05) is 5.56 Å². The van der Waals surface area contributed by atoms with Crippen molar-refractivity contribution < 1.29 is 9.18 Å². The molecule has 1 rings (SSSR count). The van der Waals surface area contributed by atoms with Crippen molar-refractivity contribution in [3.05, 3.63) is 34.1 Å². The van der Waals surface area contributed by atoms with Crippen molar-refractivity contribution in [2.75, 3.05) is 0 Å². The first-order valence-electron chi connectivity index (χ1n) is 3.22. The average molecular weight is 230 g/mol. The SMILES string of the molecule is O=C=NCc1cccc(Br)c1F. The minimum atomic E-state index is -0.378. The van der Waals surface area contributed by atoms with Gasteiger partial charge in [0.15, 0.2) is 0 Å². The normalized spacial score (nSPS) is 9.17. The molecule has 2 nitrogen and oxygen atoms in total. The van der Waals surface area contributed by atoms with E-state index in [1.165, 1.54) is 6.08 Å². The third kappa shape index (κ3) is 2.00. The van der Waals surface area contributed by atoms with Crippen LogP contribution in [-0.4, -0.2) is 6.08 Å². The van der Waals surface area contributed by atoms with Crippen LogP contribution in [0.1, 0.15) is 5.56 Å². The molecule has 12 heavy (non-hydrogen) atoms. The van der Waals surface area contributed by atoms with Gasteiger partial charge in [-0.25, -0.2) is 14.2 Å². The Morgan fingerprint density at radius 3 is 3.00 bits per heavy atom. The van der Waals surface area contributed by atoms with E-state index >= 15 is 0 Å². The van der Waals surface area contributed by atoms with E-state index in [2.05, 4.69) is 20.9 Å². The van der Waals surface area contributed by atoms with Gasteiger partial charge >= 0.3 is 0 Å². The lowest BCUT2D eigenvalue weighted by molar-refractivity contribution is 0.561. The zero-order valence-corrected chi connectivity index (χ0v) is 7.64. The molecule has 4 heteroatoms. The molecule has 0 atom stereocenters. The largest absolute Gasteiger partial charge is 0.235 e. The molecular formula is C8H5BrFNO. The number of hydrogen-bond donors (Lipinski definition) is 0. The zero-order chi connectivity index (χ0) is 8.97. The van der Waals surface area contributed by atoms with Crippen LogP contribution < -0.4 is 0 Å². The Kier molecular flexibility index (Phi) is 3.14. The van der Waals surface area contributed by atoms with E-state index in [1.54, 1.807) is 18.2 Å². The van der Waals surface area contributed by atoms with Crippen molar-refractivity contribution in [1.29, 1.82) is 0 Å². The van der Waals surface area contributed by atoms with E-state index in [0.29, 0.717) is 10.0 Å². The first-order chi connectivity index (χ1) is 5.75. The van der Waals surface area contributed by atoms with Crippen LogP contribution in [0.5, 0.6) is 0 Å². The molecule has 0 N–H and O–H groups in total. The molecule has 0 radical (unpaired) electrons. The second-order valence-corrected chi connectivity index (χ2v) is 2.97. The number of rotatable bonds is 2. The van der Waals surface area contributed by atoms with Gasteiger partial charge in [-0.15, -0.1) is 0 Å². The number of benzene rings is 1. The molecule has 0 aromatic heterocycles. The van der Waals surface area contributed by atoms with E-state index in [0.717, 1.165) is 0 Å². The molecule has 62 valence electrons. The van der Waals surface area contributed by atoms with Crippen molar-refractivity contribution >= 4 is 22.0 Å². The number of isocyanates is 1. The molecule has 0 aliphatic carbocycles. The number of hydrogen-bond acceptors (Lipinski definition) is 2. The number of nitrogens with zero attached hydrogens (tertiary/aromatic N) is 1. The van der Waals surface area contributed by atoms with Crippen LogP contribution in [0.15, 0.2) is 27.7 Å². The van der Waals surface area contributed by atoms with Crippen LogP contribution in [0, 0.1) is 5.82 Å². The molecule has 0 spiro atoms. The predicted molar refractivity (Wildman–Crippen MR) is 45.9 cm³/mol. The molecule has 0 fully saturated rings. The summed E-state index contributed by atoms with van der Waals surface area (Å²) >= 11 is 3.02. The van der Waals surface area contributed by atoms with Gasteiger partial charge in [0.1, 0.15) is 5.82 Å². The number of carbonyl (C=O) groups excluding carboxylic acids is 1. The van der Waals surface area contributed by atoms with E-state index in [1.807, 2.05) is 0 Å². The van der Waals surface area contributed by atoms with Gasteiger partial charge in [-0.1, -0.05) is 12.1 Å². The van der Waals surface area contributed by atoms with Gasteiger partial charge in [-0.05, 0) is 22.0 Å². The Hall–Kier alpha value is -0.990. The molecule has 0 saturated carbocycles. The maximum atomic E-state index is 13.1. The van der Waals surface area contributed by atoms with Crippen molar-refractivity contribution in [2.45, 2.75) is 6.54 Å². The van der Waals surface area contributed by atoms with Gasteiger partial charge in [-0.3, -0.25) is 0 Å². The van der Waals surface area contributed by atoms with Crippen LogP contribution >= 0.6 is 15.9 Å². The van der Waals surface area contributed by atoms with E-state index in [9.17, 15) is 9.18 Å². The molecule has 0 saturated heterocycles. The zero-order valence-electron chi connectivity index (χ0n) is 6.05. The highest BCUT2D eigenvalue weighted by atomic mass is 79.9. The molecule has 0 unspecified atom stereocenters. The van der Waals surface area contributed by atoms with Gasteiger partial charge in [0.2, 0.25) is 6.08 Å². The molecule has 1 aromatic rings. The fourth-order valence-corrected chi connectivity index (χ4v) is 1.20. The summed E-state index contributed by atoms with van der Waals surface area (Å²) in [6.07, 6.45) is 1.36. The van der Waals surface area contributed by atoms with E-state index in [-0.39, 0.29) is 12.4 Å². The van der Waals surface area contributed by atoms with Crippen molar-refractivity contribution in [1.82, 2.24) is 0 Å². The quantitative estimate of drug-likeness (QED) is 0.566. The lowest BCUT2D eigenvalue weighted by Crippen LogP contribution is -1.88. The van der Waals surface area contributed by atoms with Gasteiger partial charge < -0.3 is 0 Å². The summed E-state index contributed by atoms with van der Waals surface area (Å²) in [6.45, 7) is 0.0365. The summed E-state index contributed by atoms with van der Waals surface area (Å²) in [5.74, 6) is -0.378. The summed E-state index contributed by atoms with van der Waals surface area (Å²) in [5, 5.41) is 0. The minimum Gasteiger partial charge on any atom is -0.211 e. The van der Waals surface area contributed by atoms with E-state index < -0.39 is 0 Å². The van der Waals surface area contributed by atoms with Crippen molar-refractivity contribution in [2.24, 2.45) is 4.99 Å². The Morgan fingerprint density at radius 1 is 1.58 bits per heavy atom. The summed E-state index contributed by atoms with van der Waals surface area (Å²) in [6, 6.07) is 4.84. The standard InChI is InChI=1S/C8H5BrFNO/c9-7-3-1-2-6(8(7)10)4-11-5-12/h1-3H,4H2. The average Bonchev–Trinajstić information content (AvgIpc) is 2.08. The predicted octanol–water partition coefficient (Wildman–Crippen LogP) is 2.42. The highest BCUT2D eigenvalue weighted by molar-refractivity contribution is 9.10. The van der Waals surface area contributed by atoms with Crippen LogP contribution in [0.25, 0.3) is 0 Å². The molecule has 0 bridgehead atoms. The molecule has 0 amide bonds. The molecule has 1 aromatic carbocycles. The van der Waals surface area contributed by atoms with Gasteiger partial charge in [0.25, 0.3) is 0 Å². The van der Waals surface area contributed by atoms with Crippen molar-refractivity contribution in [3.63, 3.8) is 0 Å². The summed E-state index contributed by atoms with van der Waals surface area (Å²) in [5.41, 5.74) is 0.382. The maximum absolute atomic E-state index is 13.1. The molecule has 0 heterocycles. The van der Waals surface area contributed by atoms with Crippen molar-refractivity contribution in [3.8, 4) is 0 Å². The van der Waals surface area contributed by atoms with Crippen LogP contribution in [0.2, 0.25) is 0 Å². The fourth-order valence-electron chi connectivity index (χ4n) is 0.788. The molecule has 0 aliphatic rings. The van der Waals surface area contributed by atoms with Crippen LogP contribution in [-0.2, 0) is 11.3 Å². The Balaban J connectivity index is 2.99. The van der Waals surface area contributed by atoms with Gasteiger partial charge in [0.05, 0.1) is 11.0 Å². The fraction of sp³-hybridized carbons (Fsp3) is 0.125. The van der Waals surface area contributed by atoms with Gasteiger partial charge in [-0.2, -0.15) is 0 Å². The monoisotopic (exact) mass is 229 g/mol. The maximum Gasteiger partial charge on any atom is 0.235 e. The number of halogens is 2. The smallest absolute Gasteiger partial charge is 0.211 e. The first kappa shape index (κ1) is 9.10. The molecular weight excluding hydrogens is 225 g/mol. The minimum absolute atomic E-state index is 0.0365. The second kappa shape index (κ2) is 4.14. The highest BCUT2D eigenvalue weighted by Crippen LogP contribution is 2.18. The first-order valence-corrected chi connectivity index (χ1v) is 4.01. The van der Waals surface area contributed by atoms with Crippen LogP contribution in [0.4, 0.5) is 4.39 Å². The second-order valence-electron chi connectivity index (χ2n) is 2.12. The molecule has 0 aliphatic heterocycles. The lowest BCUT2D eigenvalue weighted by atomic mass is 10.2. The summed E-state index contributed by atoms with van der Waals surface area (Å²) in [4.78, 5) is 13.0. The third-order valence-corrected chi connectivity index (χ3v) is 1.96. The van der Waals surface area contributed by atoms with E-state index in [4.69, 9.17) is 0 Å². The highest BCUT2D eigenvalue weighted by Gasteiger charge is 2.03. The number of aliphatic imine (C=N–C) groups is 1. The third-order valence-electron chi connectivity index (χ3n) is 1.35. The Morgan fingerprint density at radius 2 is 2.33 bits per heavy atom. The summed E-state index contributed by atoms with van der Waals surface area (Å²) < 4.78 is 13.5. The Bertz CT molecular complexity index is 334.